The van der Waals surface area contributed by atoms with Gasteiger partial charge in [0.05, 0.1) is 5.41 Å². The minimum atomic E-state index is -0.472. The van der Waals surface area contributed by atoms with E-state index in [1.165, 1.54) is 86.9 Å². The van der Waals surface area contributed by atoms with Crippen molar-refractivity contribution < 1.29 is 0 Å². The summed E-state index contributed by atoms with van der Waals surface area (Å²) in [7, 11) is 0. The Morgan fingerprint density at radius 3 is 1.55 bits per heavy atom. The summed E-state index contributed by atoms with van der Waals surface area (Å²) in [5, 5.41) is 2.64. The Labute approximate surface area is 355 Å². The lowest BCUT2D eigenvalue weighted by molar-refractivity contribution is 0.563. The van der Waals surface area contributed by atoms with Gasteiger partial charge in [-0.1, -0.05) is 184 Å². The largest absolute Gasteiger partial charge is 0.310 e. The summed E-state index contributed by atoms with van der Waals surface area (Å²) in [4.78, 5) is 2.44. The molecule has 1 nitrogen and oxygen atoms in total. The lowest BCUT2D eigenvalue weighted by Gasteiger charge is -2.46. The third kappa shape index (κ3) is 4.98. The number of fused-ring (bicyclic) bond motifs is 12. The summed E-state index contributed by atoms with van der Waals surface area (Å²) in [6.45, 7) is 4.78. The third-order valence-corrected chi connectivity index (χ3v) is 14.6. The fourth-order valence-corrected chi connectivity index (χ4v) is 11.9. The quantitative estimate of drug-likeness (QED) is 0.168. The van der Waals surface area contributed by atoms with Crippen molar-refractivity contribution >= 4 is 48.6 Å². The molecule has 10 aromatic rings. The minimum absolute atomic E-state index is 0.151. The molecule has 0 radical (unpaired) electrons. The van der Waals surface area contributed by atoms with Crippen LogP contribution in [0.25, 0.3) is 53.6 Å². The van der Waals surface area contributed by atoms with Crippen molar-refractivity contribution in [1.29, 1.82) is 0 Å². The standard InChI is InChI=1S/C58H41NS/c1-57(2)50-22-9-11-24-52(50)58(53-25-12-10-23-51(53)57)49-21-8-6-17-45(49)46-36-35-43(37-54(46)58)59(41-31-27-39(28-32-41)38-15-4-3-5-16-38)42-33-29-40(30-34-42)44-19-14-20-48-47-18-7-13-26-55(47)60-56(44)48/h3-37H,1-2H3. The van der Waals surface area contributed by atoms with Gasteiger partial charge >= 0.3 is 0 Å². The molecule has 9 aromatic carbocycles. The second-order valence-electron chi connectivity index (χ2n) is 16.8. The van der Waals surface area contributed by atoms with E-state index in [-0.39, 0.29) is 5.41 Å². The number of hydrogen-bond donors (Lipinski definition) is 0. The first-order chi connectivity index (χ1) is 29.5. The first-order valence-electron chi connectivity index (χ1n) is 20.9. The van der Waals surface area contributed by atoms with E-state index in [4.69, 9.17) is 0 Å². The average molecular weight is 784 g/mol. The van der Waals surface area contributed by atoms with Crippen LogP contribution in [0.4, 0.5) is 17.1 Å². The van der Waals surface area contributed by atoms with Gasteiger partial charge in [0.2, 0.25) is 0 Å². The Bertz CT molecular complexity index is 3230. The zero-order chi connectivity index (χ0) is 40.0. The van der Waals surface area contributed by atoms with Crippen LogP contribution in [0.1, 0.15) is 47.2 Å². The molecule has 0 bridgehead atoms. The number of hydrogen-bond acceptors (Lipinski definition) is 2. The van der Waals surface area contributed by atoms with Gasteiger partial charge in [0, 0.05) is 42.6 Å². The first-order valence-corrected chi connectivity index (χ1v) is 21.7. The minimum Gasteiger partial charge on any atom is -0.310 e. The van der Waals surface area contributed by atoms with Gasteiger partial charge in [-0.15, -0.1) is 11.3 Å². The number of nitrogens with zero attached hydrogens (tertiary/aromatic N) is 1. The van der Waals surface area contributed by atoms with Gasteiger partial charge in [0.15, 0.2) is 0 Å². The number of benzene rings is 9. The van der Waals surface area contributed by atoms with Gasteiger partial charge in [0.1, 0.15) is 0 Å². The molecule has 284 valence electrons. The Hall–Kier alpha value is -7.00. The Morgan fingerprint density at radius 1 is 0.350 bits per heavy atom. The van der Waals surface area contributed by atoms with Crippen molar-refractivity contribution in [2.75, 3.05) is 4.90 Å². The molecule has 2 heteroatoms. The maximum Gasteiger partial charge on any atom is 0.0720 e. The predicted octanol–water partition coefficient (Wildman–Crippen LogP) is 15.9. The average Bonchev–Trinajstić information content (AvgIpc) is 3.83. The molecular formula is C58H41NS. The molecule has 0 unspecified atom stereocenters. The van der Waals surface area contributed by atoms with E-state index in [0.717, 1.165) is 17.1 Å². The Kier molecular flexibility index (Phi) is 7.73. The molecule has 1 spiro atoms. The van der Waals surface area contributed by atoms with Crippen molar-refractivity contribution in [3.05, 3.63) is 246 Å². The van der Waals surface area contributed by atoms with Crippen LogP contribution in [0.3, 0.4) is 0 Å². The molecule has 2 aliphatic carbocycles. The molecule has 0 saturated heterocycles. The van der Waals surface area contributed by atoms with Gasteiger partial charge in [-0.25, -0.2) is 0 Å². The maximum atomic E-state index is 2.50. The van der Waals surface area contributed by atoms with E-state index < -0.39 is 5.41 Å². The molecule has 1 aromatic heterocycles. The molecule has 2 aliphatic rings. The van der Waals surface area contributed by atoms with Crippen LogP contribution >= 0.6 is 11.3 Å². The van der Waals surface area contributed by atoms with Gasteiger partial charge in [-0.3, -0.25) is 0 Å². The molecule has 1 heterocycles. The van der Waals surface area contributed by atoms with Crippen molar-refractivity contribution in [2.45, 2.75) is 24.7 Å². The van der Waals surface area contributed by atoms with Crippen LogP contribution < -0.4 is 4.90 Å². The summed E-state index contributed by atoms with van der Waals surface area (Å²) in [5.41, 5.74) is 18.4. The first kappa shape index (κ1) is 35.0. The summed E-state index contributed by atoms with van der Waals surface area (Å²) >= 11 is 1.88. The fraction of sp³-hybridized carbons (Fsp3) is 0.0690. The van der Waals surface area contributed by atoms with Crippen LogP contribution in [-0.4, -0.2) is 0 Å². The molecule has 60 heavy (non-hydrogen) atoms. The summed E-state index contributed by atoms with van der Waals surface area (Å²) in [6, 6.07) is 79.2. The van der Waals surface area contributed by atoms with Crippen LogP contribution in [-0.2, 0) is 10.8 Å². The molecule has 0 saturated carbocycles. The molecule has 0 atom stereocenters. The fourth-order valence-electron chi connectivity index (χ4n) is 10.6. The second-order valence-corrected chi connectivity index (χ2v) is 17.9. The number of thiophene rings is 1. The zero-order valence-corrected chi connectivity index (χ0v) is 34.4. The van der Waals surface area contributed by atoms with Crippen molar-refractivity contribution in [3.8, 4) is 33.4 Å². The highest BCUT2D eigenvalue weighted by atomic mass is 32.1. The van der Waals surface area contributed by atoms with Gasteiger partial charge in [-0.2, -0.15) is 0 Å². The monoisotopic (exact) mass is 783 g/mol. The van der Waals surface area contributed by atoms with Gasteiger partial charge < -0.3 is 4.90 Å². The van der Waals surface area contributed by atoms with Crippen LogP contribution in [0.5, 0.6) is 0 Å². The summed E-state index contributed by atoms with van der Waals surface area (Å²) in [5.74, 6) is 0. The summed E-state index contributed by atoms with van der Waals surface area (Å²) in [6.07, 6.45) is 0. The van der Waals surface area contributed by atoms with E-state index in [1.54, 1.807) is 0 Å². The van der Waals surface area contributed by atoms with E-state index in [9.17, 15) is 0 Å². The SMILES string of the molecule is CC1(C)c2ccccc2C2(c3ccccc3-c3ccc(N(c4ccc(-c5ccccc5)cc4)c4ccc(-c5cccc6c5sc5ccccc56)cc4)cc32)c2ccccc21. The molecule has 0 aliphatic heterocycles. The molecule has 0 N–H and O–H groups in total. The second kappa shape index (κ2) is 13.3. The molecule has 12 rings (SSSR count). The van der Waals surface area contributed by atoms with Crippen LogP contribution in [0.15, 0.2) is 212 Å². The van der Waals surface area contributed by atoms with Crippen molar-refractivity contribution in [3.63, 3.8) is 0 Å². The van der Waals surface area contributed by atoms with Gasteiger partial charge in [0.25, 0.3) is 0 Å². The Morgan fingerprint density at radius 2 is 0.850 bits per heavy atom. The lowest BCUT2D eigenvalue weighted by atomic mass is 9.55. The van der Waals surface area contributed by atoms with Gasteiger partial charge in [-0.05, 0) is 109 Å². The van der Waals surface area contributed by atoms with E-state index >= 15 is 0 Å². The smallest absolute Gasteiger partial charge is 0.0720 e. The highest BCUT2D eigenvalue weighted by Gasteiger charge is 2.53. The summed E-state index contributed by atoms with van der Waals surface area (Å²) < 4.78 is 2.66. The molecule has 0 amide bonds. The lowest BCUT2D eigenvalue weighted by Crippen LogP contribution is -2.40. The highest BCUT2D eigenvalue weighted by molar-refractivity contribution is 7.26. The third-order valence-electron chi connectivity index (χ3n) is 13.4. The highest BCUT2D eigenvalue weighted by Crippen LogP contribution is 2.62. The van der Waals surface area contributed by atoms with Crippen molar-refractivity contribution in [2.24, 2.45) is 0 Å². The van der Waals surface area contributed by atoms with Crippen LogP contribution in [0, 0.1) is 0 Å². The van der Waals surface area contributed by atoms with E-state index in [1.807, 2.05) is 11.3 Å². The van der Waals surface area contributed by atoms with E-state index in [0.29, 0.717) is 0 Å². The van der Waals surface area contributed by atoms with Crippen LogP contribution in [0.2, 0.25) is 0 Å². The predicted molar refractivity (Wildman–Crippen MR) is 254 cm³/mol. The van der Waals surface area contributed by atoms with E-state index in [2.05, 4.69) is 231 Å². The zero-order valence-electron chi connectivity index (χ0n) is 33.6. The number of anilines is 3. The molecular weight excluding hydrogens is 743 g/mol. The number of rotatable bonds is 5. The normalized spacial score (nSPS) is 14.1. The topological polar surface area (TPSA) is 3.24 Å². The Balaban J connectivity index is 1.06. The molecule has 0 fully saturated rings. The van der Waals surface area contributed by atoms with Crippen molar-refractivity contribution in [1.82, 2.24) is 0 Å². The maximum absolute atomic E-state index is 2.50.